The van der Waals surface area contributed by atoms with Gasteiger partial charge in [0.2, 0.25) is 5.96 Å². The molecule has 1 fully saturated rings. The maximum Gasteiger partial charge on any atom is 0.322 e. The summed E-state index contributed by atoms with van der Waals surface area (Å²) in [6.45, 7) is 7.09. The number of halogens is 2. The molecule has 3 amide bonds. The van der Waals surface area contributed by atoms with Gasteiger partial charge >= 0.3 is 6.03 Å². The summed E-state index contributed by atoms with van der Waals surface area (Å²) in [4.78, 5) is 30.9. The molecule has 0 spiro atoms. The third kappa shape index (κ3) is 7.43. The second-order valence-electron chi connectivity index (χ2n) is 10.2. The van der Waals surface area contributed by atoms with E-state index >= 15 is 0 Å². The van der Waals surface area contributed by atoms with E-state index in [1.165, 1.54) is 12.1 Å². The van der Waals surface area contributed by atoms with E-state index in [4.69, 9.17) is 11.3 Å². The minimum absolute atomic E-state index is 0.0324. The molecule has 0 bridgehead atoms. The molecule has 0 atom stereocenters. The van der Waals surface area contributed by atoms with Gasteiger partial charge in [-0.05, 0) is 72.9 Å². The minimum Gasteiger partial charge on any atom is -0.366 e. The quantitative estimate of drug-likeness (QED) is 0.214. The Morgan fingerprint density at radius 1 is 1.14 bits per heavy atom. The van der Waals surface area contributed by atoms with Crippen molar-refractivity contribution in [1.29, 1.82) is 5.53 Å². The molecule has 2 aromatic carbocycles. The number of nitrogens with two attached hydrogens (primary N) is 1. The van der Waals surface area contributed by atoms with Gasteiger partial charge in [0.15, 0.2) is 0 Å². The topological polar surface area (TPSA) is 124 Å². The number of hydrogen-bond acceptors (Lipinski definition) is 3. The highest BCUT2D eigenvalue weighted by molar-refractivity contribution is 9.10. The van der Waals surface area contributed by atoms with Crippen molar-refractivity contribution < 1.29 is 14.0 Å². The van der Waals surface area contributed by atoms with Crippen LogP contribution in [0.5, 0.6) is 0 Å². The third-order valence-electron chi connectivity index (χ3n) is 6.62. The van der Waals surface area contributed by atoms with Crippen molar-refractivity contribution in [3.05, 3.63) is 63.9 Å². The first kappa shape index (κ1) is 27.4. The van der Waals surface area contributed by atoms with Crippen LogP contribution in [0, 0.1) is 22.7 Å². The van der Waals surface area contributed by atoms with Crippen molar-refractivity contribution in [2.24, 2.45) is 27.2 Å². The molecule has 0 aromatic heterocycles. The number of guanidine groups is 1. The normalized spacial score (nSPS) is 18.4. The lowest BCUT2D eigenvalue weighted by atomic mass is 9.71. The Morgan fingerprint density at radius 2 is 1.78 bits per heavy atom. The highest BCUT2D eigenvalue weighted by Gasteiger charge is 2.33. The van der Waals surface area contributed by atoms with Gasteiger partial charge in [-0.3, -0.25) is 4.79 Å². The van der Waals surface area contributed by atoms with E-state index in [-0.39, 0.29) is 17.5 Å². The number of carbonyl (C=O) groups is 2. The summed E-state index contributed by atoms with van der Waals surface area (Å²) in [6.07, 6.45) is 3.81. The van der Waals surface area contributed by atoms with Crippen molar-refractivity contribution in [2.45, 2.75) is 59.0 Å². The molecule has 1 aliphatic carbocycles. The Bertz CT molecular complexity index is 1120. The number of nitrogens with one attached hydrogen (secondary N) is 2. The third-order valence-corrected chi connectivity index (χ3v) is 7.08. The number of aliphatic imine (C=N–C) groups is 1. The molecule has 0 aliphatic heterocycles. The van der Waals surface area contributed by atoms with Crippen molar-refractivity contribution in [2.75, 3.05) is 5.32 Å². The Kier molecular flexibility index (Phi) is 8.94. The van der Waals surface area contributed by atoms with Crippen LogP contribution in [0.15, 0.2) is 57.0 Å². The molecule has 8 nitrogen and oxygen atoms in total. The summed E-state index contributed by atoms with van der Waals surface area (Å²) in [5.41, 5.74) is 13.9. The SMILES string of the molecule is CC(C)(C)C1CCC(N(Cc2ccc(C(=O)N=C(N)N=N)cc2)C(=O)Nc2cc(F)cc(Br)c2)CC1. The Hall–Kier alpha value is -3.14. The van der Waals surface area contributed by atoms with E-state index in [1.54, 1.807) is 35.2 Å². The van der Waals surface area contributed by atoms with Crippen LogP contribution < -0.4 is 11.1 Å². The van der Waals surface area contributed by atoms with Crippen LogP contribution in [0.4, 0.5) is 14.9 Å². The minimum atomic E-state index is -0.596. The van der Waals surface area contributed by atoms with Crippen molar-refractivity contribution >= 4 is 39.5 Å². The smallest absolute Gasteiger partial charge is 0.322 e. The van der Waals surface area contributed by atoms with Crippen LogP contribution in [0.2, 0.25) is 0 Å². The van der Waals surface area contributed by atoms with Crippen LogP contribution in [0.25, 0.3) is 0 Å². The second kappa shape index (κ2) is 11.7. The predicted molar refractivity (Wildman–Crippen MR) is 141 cm³/mol. The van der Waals surface area contributed by atoms with E-state index < -0.39 is 17.7 Å². The fraction of sp³-hybridized carbons (Fsp3) is 0.423. The molecule has 0 saturated heterocycles. The fourth-order valence-electron chi connectivity index (χ4n) is 4.58. The number of anilines is 1. The summed E-state index contributed by atoms with van der Waals surface area (Å²) >= 11 is 3.27. The van der Waals surface area contributed by atoms with E-state index in [0.29, 0.717) is 28.2 Å². The lowest BCUT2D eigenvalue weighted by Crippen LogP contribution is -2.45. The number of hydrogen-bond donors (Lipinski definition) is 3. The number of urea groups is 1. The molecule has 0 radical (unpaired) electrons. The molecule has 0 unspecified atom stereocenters. The summed E-state index contributed by atoms with van der Waals surface area (Å²) in [6, 6.07) is 10.7. The number of nitrogens with zero attached hydrogens (tertiary/aromatic N) is 3. The molecule has 1 aliphatic rings. The number of benzene rings is 2. The Morgan fingerprint density at radius 3 is 2.33 bits per heavy atom. The van der Waals surface area contributed by atoms with Crippen molar-refractivity contribution in [3.8, 4) is 0 Å². The van der Waals surface area contributed by atoms with Gasteiger partial charge in [0, 0.05) is 28.3 Å². The number of amides is 3. The molecular formula is C26H32BrFN6O2. The molecule has 0 heterocycles. The first-order valence-electron chi connectivity index (χ1n) is 11.8. The van der Waals surface area contributed by atoms with Gasteiger partial charge in [-0.2, -0.15) is 4.99 Å². The highest BCUT2D eigenvalue weighted by Crippen LogP contribution is 2.39. The van der Waals surface area contributed by atoms with Gasteiger partial charge < -0.3 is 16.0 Å². The Balaban J connectivity index is 1.80. The zero-order valence-electron chi connectivity index (χ0n) is 20.7. The maximum absolute atomic E-state index is 13.9. The highest BCUT2D eigenvalue weighted by atomic mass is 79.9. The van der Waals surface area contributed by atoms with E-state index in [0.717, 1.165) is 31.2 Å². The maximum atomic E-state index is 13.9. The second-order valence-corrected chi connectivity index (χ2v) is 11.1. The standard InChI is InChI=1S/C26H32BrFN6O2/c1-26(2,3)18-8-10-22(11-9-18)34(25(36)31-21-13-19(27)12-20(28)14-21)15-16-4-6-17(7-5-16)23(35)32-24(29)33-30/h4-7,12-14,18,22,30H,8-11,15H2,1-3H3,(H,31,36)(H2,29,32,35). The lowest BCUT2D eigenvalue weighted by Gasteiger charge is -2.41. The van der Waals surface area contributed by atoms with Gasteiger partial charge in [0.1, 0.15) is 5.82 Å². The van der Waals surface area contributed by atoms with Crippen LogP contribution in [0.1, 0.15) is 62.4 Å². The van der Waals surface area contributed by atoms with Gasteiger partial charge in [-0.1, -0.05) is 48.8 Å². The largest absolute Gasteiger partial charge is 0.366 e. The molecule has 3 rings (SSSR count). The van der Waals surface area contributed by atoms with E-state index in [1.807, 2.05) is 0 Å². The van der Waals surface area contributed by atoms with Crippen molar-refractivity contribution in [3.63, 3.8) is 0 Å². The summed E-state index contributed by atoms with van der Waals surface area (Å²) in [5, 5.41) is 5.77. The molecule has 192 valence electrons. The zero-order chi connectivity index (χ0) is 26.5. The molecule has 4 N–H and O–H groups in total. The van der Waals surface area contributed by atoms with Gasteiger partial charge in [-0.15, -0.1) is 5.11 Å². The predicted octanol–water partition coefficient (Wildman–Crippen LogP) is 6.71. The first-order chi connectivity index (χ1) is 17.0. The monoisotopic (exact) mass is 558 g/mol. The van der Waals surface area contributed by atoms with Crippen LogP contribution in [-0.2, 0) is 6.54 Å². The van der Waals surface area contributed by atoms with Gasteiger partial charge in [0.25, 0.3) is 5.91 Å². The van der Waals surface area contributed by atoms with Crippen molar-refractivity contribution in [1.82, 2.24) is 4.90 Å². The van der Waals surface area contributed by atoms with Crippen LogP contribution >= 0.6 is 15.9 Å². The summed E-state index contributed by atoms with van der Waals surface area (Å²) in [7, 11) is 0. The number of carbonyl (C=O) groups excluding carboxylic acids is 2. The number of rotatable bonds is 5. The van der Waals surface area contributed by atoms with Gasteiger partial charge in [-0.25, -0.2) is 14.7 Å². The molecule has 2 aromatic rings. The Labute approximate surface area is 219 Å². The van der Waals surface area contributed by atoms with Crippen LogP contribution in [-0.4, -0.2) is 28.8 Å². The molecule has 36 heavy (non-hydrogen) atoms. The summed E-state index contributed by atoms with van der Waals surface area (Å²) < 4.78 is 14.4. The molecular weight excluding hydrogens is 527 g/mol. The van der Waals surface area contributed by atoms with Crippen LogP contribution in [0.3, 0.4) is 0 Å². The van der Waals surface area contributed by atoms with Gasteiger partial charge in [0.05, 0.1) is 0 Å². The van der Waals surface area contributed by atoms with E-state index in [9.17, 15) is 14.0 Å². The first-order valence-corrected chi connectivity index (χ1v) is 12.6. The molecule has 1 saturated carbocycles. The fourth-order valence-corrected chi connectivity index (χ4v) is 5.05. The molecule has 10 heteroatoms. The summed E-state index contributed by atoms with van der Waals surface area (Å²) in [5.74, 6) is -0.867. The zero-order valence-corrected chi connectivity index (χ0v) is 22.3. The average molecular weight is 559 g/mol. The average Bonchev–Trinajstić information content (AvgIpc) is 2.81. The van der Waals surface area contributed by atoms with E-state index in [2.05, 4.69) is 52.1 Å². The lowest BCUT2D eigenvalue weighted by molar-refractivity contribution is 0.100.